The van der Waals surface area contributed by atoms with Gasteiger partial charge in [-0.3, -0.25) is 5.32 Å². The Labute approximate surface area is 93.6 Å². The average molecular weight is 218 g/mol. The molecule has 2 aromatic rings. The van der Waals surface area contributed by atoms with Gasteiger partial charge >= 0.3 is 5.82 Å². The van der Waals surface area contributed by atoms with Gasteiger partial charge in [0.25, 0.3) is 0 Å². The summed E-state index contributed by atoms with van der Waals surface area (Å²) in [5.41, 5.74) is 10.3. The Hall–Kier alpha value is -1.75. The molecule has 3 heterocycles. The predicted octanol–water partition coefficient (Wildman–Crippen LogP) is 0.490. The van der Waals surface area contributed by atoms with Crippen LogP contribution in [-0.2, 0) is 13.1 Å². The third kappa shape index (κ3) is 1.25. The van der Waals surface area contributed by atoms with Crippen LogP contribution in [0.2, 0.25) is 0 Å². The van der Waals surface area contributed by atoms with Crippen LogP contribution in [0.25, 0.3) is 11.3 Å². The first-order valence-electron chi connectivity index (χ1n) is 5.53. The quantitative estimate of drug-likeness (QED) is 0.554. The lowest BCUT2D eigenvalue weighted by molar-refractivity contribution is -0.725. The van der Waals surface area contributed by atoms with E-state index in [9.17, 15) is 0 Å². The molecule has 5 nitrogen and oxygen atoms in total. The highest BCUT2D eigenvalue weighted by Crippen LogP contribution is 2.27. The fraction of sp³-hybridized carbons (Fsp3) is 0.364. The van der Waals surface area contributed by atoms with Crippen LogP contribution in [0.4, 0.5) is 5.82 Å². The standard InChI is InChI=1S/C11H15N5/c1-7-8(5-12)4-10(15-7)9-6-14-16-3-2-13-11(9)16/h4,6,15H,2-3,5,12H2,1H3,(H,13,14)/p+1. The van der Waals surface area contributed by atoms with Gasteiger partial charge in [0.05, 0.1) is 11.9 Å². The summed E-state index contributed by atoms with van der Waals surface area (Å²) in [6.45, 7) is 4.62. The Morgan fingerprint density at radius 3 is 3.12 bits per heavy atom. The maximum Gasteiger partial charge on any atom is 0.304 e. The molecular formula is C11H16N5+. The second-order valence-electron chi connectivity index (χ2n) is 4.15. The summed E-state index contributed by atoms with van der Waals surface area (Å²) in [7, 11) is 0. The first kappa shape index (κ1) is 9.47. The van der Waals surface area contributed by atoms with Crippen molar-refractivity contribution < 1.29 is 4.68 Å². The molecule has 0 bridgehead atoms. The molecule has 0 radical (unpaired) electrons. The summed E-state index contributed by atoms with van der Waals surface area (Å²) in [5.74, 6) is 1.16. The largest absolute Gasteiger partial charge is 0.358 e. The van der Waals surface area contributed by atoms with Crippen LogP contribution in [0.1, 0.15) is 11.3 Å². The highest BCUT2D eigenvalue weighted by atomic mass is 15.4. The number of nitrogens with two attached hydrogens (primary N) is 1. The highest BCUT2D eigenvalue weighted by molar-refractivity contribution is 5.71. The zero-order chi connectivity index (χ0) is 11.1. The summed E-state index contributed by atoms with van der Waals surface area (Å²) in [4.78, 5) is 3.37. The number of aromatic amines is 2. The third-order valence-electron chi connectivity index (χ3n) is 3.15. The molecule has 1 aliphatic heterocycles. The van der Waals surface area contributed by atoms with Gasteiger partial charge in [0, 0.05) is 12.2 Å². The van der Waals surface area contributed by atoms with E-state index >= 15 is 0 Å². The van der Waals surface area contributed by atoms with Crippen molar-refractivity contribution in [2.24, 2.45) is 5.73 Å². The van der Waals surface area contributed by atoms with Crippen molar-refractivity contribution in [1.82, 2.24) is 10.1 Å². The van der Waals surface area contributed by atoms with Gasteiger partial charge in [-0.1, -0.05) is 0 Å². The van der Waals surface area contributed by atoms with Crippen molar-refractivity contribution in [3.05, 3.63) is 23.5 Å². The van der Waals surface area contributed by atoms with E-state index in [0.29, 0.717) is 6.54 Å². The second kappa shape index (κ2) is 3.38. The lowest BCUT2D eigenvalue weighted by atomic mass is 10.2. The second-order valence-corrected chi connectivity index (χ2v) is 4.15. The molecule has 84 valence electrons. The van der Waals surface area contributed by atoms with Gasteiger partial charge in [0.15, 0.2) is 0 Å². The topological polar surface area (TPSA) is 73.5 Å². The van der Waals surface area contributed by atoms with Crippen LogP contribution in [0.5, 0.6) is 0 Å². The Morgan fingerprint density at radius 1 is 1.50 bits per heavy atom. The number of hydrogen-bond donors (Lipinski definition) is 4. The molecule has 0 unspecified atom stereocenters. The third-order valence-corrected chi connectivity index (χ3v) is 3.15. The van der Waals surface area contributed by atoms with E-state index in [-0.39, 0.29) is 0 Å². The van der Waals surface area contributed by atoms with Crippen molar-refractivity contribution in [2.75, 3.05) is 11.9 Å². The lowest BCUT2D eigenvalue weighted by Crippen LogP contribution is -2.32. The van der Waals surface area contributed by atoms with Gasteiger partial charge in [0.2, 0.25) is 0 Å². The Morgan fingerprint density at radius 2 is 2.38 bits per heavy atom. The molecule has 2 aromatic heterocycles. The minimum Gasteiger partial charge on any atom is -0.358 e. The molecule has 0 spiro atoms. The molecule has 0 aliphatic carbocycles. The molecular weight excluding hydrogens is 202 g/mol. The van der Waals surface area contributed by atoms with Crippen molar-refractivity contribution in [3.8, 4) is 11.3 Å². The molecule has 0 aromatic carbocycles. The van der Waals surface area contributed by atoms with Crippen molar-refractivity contribution in [2.45, 2.75) is 20.0 Å². The number of nitrogens with zero attached hydrogens (tertiary/aromatic N) is 1. The summed E-state index contributed by atoms with van der Waals surface area (Å²) >= 11 is 0. The lowest BCUT2D eigenvalue weighted by Gasteiger charge is -1.91. The summed E-state index contributed by atoms with van der Waals surface area (Å²) < 4.78 is 2.12. The first-order chi connectivity index (χ1) is 7.79. The molecule has 0 atom stereocenters. The van der Waals surface area contributed by atoms with E-state index in [1.807, 2.05) is 6.20 Å². The fourth-order valence-electron chi connectivity index (χ4n) is 2.24. The monoisotopic (exact) mass is 218 g/mol. The minimum absolute atomic E-state index is 0.579. The minimum atomic E-state index is 0.579. The maximum atomic E-state index is 5.68. The van der Waals surface area contributed by atoms with E-state index in [2.05, 4.69) is 33.1 Å². The van der Waals surface area contributed by atoms with E-state index in [1.54, 1.807) is 0 Å². The van der Waals surface area contributed by atoms with Crippen LogP contribution in [-0.4, -0.2) is 16.6 Å². The van der Waals surface area contributed by atoms with Gasteiger partial charge in [-0.2, -0.15) is 4.68 Å². The van der Waals surface area contributed by atoms with E-state index < -0.39 is 0 Å². The SMILES string of the molecule is Cc1[nH]c(-c2c[nH][n+]3c2NCC3)cc1CN. The van der Waals surface area contributed by atoms with Crippen LogP contribution in [0.15, 0.2) is 12.3 Å². The van der Waals surface area contributed by atoms with Crippen LogP contribution >= 0.6 is 0 Å². The number of aromatic nitrogens is 3. The normalized spacial score (nSPS) is 13.9. The molecule has 0 saturated heterocycles. The number of rotatable bonds is 2. The predicted molar refractivity (Wildman–Crippen MR) is 61.9 cm³/mol. The van der Waals surface area contributed by atoms with Gasteiger partial charge < -0.3 is 10.7 Å². The van der Waals surface area contributed by atoms with Crippen molar-refractivity contribution in [1.29, 1.82) is 0 Å². The fourth-order valence-corrected chi connectivity index (χ4v) is 2.24. The molecule has 5 N–H and O–H groups in total. The van der Waals surface area contributed by atoms with Gasteiger partial charge in [-0.05, 0) is 18.6 Å². The van der Waals surface area contributed by atoms with E-state index in [0.717, 1.165) is 30.3 Å². The van der Waals surface area contributed by atoms with Crippen LogP contribution in [0, 0.1) is 6.92 Å². The maximum absolute atomic E-state index is 5.68. The molecule has 5 heteroatoms. The Bertz CT molecular complexity index is 522. The summed E-state index contributed by atoms with van der Waals surface area (Å²) in [6.07, 6.45) is 2.02. The van der Waals surface area contributed by atoms with Crippen LogP contribution in [0.3, 0.4) is 0 Å². The van der Waals surface area contributed by atoms with Crippen molar-refractivity contribution >= 4 is 5.82 Å². The molecule has 3 rings (SSSR count). The summed E-state index contributed by atoms with van der Waals surface area (Å²) in [6, 6.07) is 2.12. The van der Waals surface area contributed by atoms with Gasteiger partial charge in [0.1, 0.15) is 18.7 Å². The number of hydrogen-bond acceptors (Lipinski definition) is 2. The molecule has 16 heavy (non-hydrogen) atoms. The molecule has 1 aliphatic rings. The Balaban J connectivity index is 2.08. The number of anilines is 1. The van der Waals surface area contributed by atoms with E-state index in [4.69, 9.17) is 5.73 Å². The smallest absolute Gasteiger partial charge is 0.304 e. The zero-order valence-corrected chi connectivity index (χ0v) is 9.30. The molecule has 0 fully saturated rings. The number of fused-ring (bicyclic) bond motifs is 1. The average Bonchev–Trinajstić information content (AvgIpc) is 2.90. The summed E-state index contributed by atoms with van der Waals surface area (Å²) in [5, 5.41) is 6.61. The highest BCUT2D eigenvalue weighted by Gasteiger charge is 2.25. The van der Waals surface area contributed by atoms with Gasteiger partial charge in [-0.25, -0.2) is 5.10 Å². The van der Waals surface area contributed by atoms with Crippen molar-refractivity contribution in [3.63, 3.8) is 0 Å². The van der Waals surface area contributed by atoms with Crippen LogP contribution < -0.4 is 15.7 Å². The number of aryl methyl sites for hydroxylation is 1. The van der Waals surface area contributed by atoms with E-state index in [1.165, 1.54) is 11.1 Å². The molecule has 0 saturated carbocycles. The number of nitrogens with one attached hydrogen (secondary N) is 3. The Kier molecular flexibility index (Phi) is 2.00. The molecule has 0 amide bonds. The first-order valence-corrected chi connectivity index (χ1v) is 5.53. The zero-order valence-electron chi connectivity index (χ0n) is 9.30. The van der Waals surface area contributed by atoms with Gasteiger partial charge in [-0.15, -0.1) is 0 Å². The number of H-pyrrole nitrogens is 2.